The van der Waals surface area contributed by atoms with E-state index in [0.717, 1.165) is 25.7 Å². The molecule has 0 saturated heterocycles. The topological polar surface area (TPSA) is 78.4 Å². The zero-order valence-corrected chi connectivity index (χ0v) is 10.8. The molecule has 18 heavy (non-hydrogen) atoms. The van der Waals surface area contributed by atoms with Crippen LogP contribution in [0.4, 0.5) is 4.79 Å². The molecule has 5 nitrogen and oxygen atoms in total. The van der Waals surface area contributed by atoms with Crippen LogP contribution in [0.5, 0.6) is 0 Å². The molecule has 1 aliphatic carbocycles. The van der Waals surface area contributed by atoms with Crippen LogP contribution in [0.2, 0.25) is 0 Å². The molecule has 5 heteroatoms. The van der Waals surface area contributed by atoms with Crippen molar-refractivity contribution in [3.63, 3.8) is 0 Å². The minimum absolute atomic E-state index is 0.00560. The third-order valence-electron chi connectivity index (χ3n) is 3.81. The van der Waals surface area contributed by atoms with E-state index < -0.39 is 5.97 Å². The van der Waals surface area contributed by atoms with Gasteiger partial charge in [-0.2, -0.15) is 0 Å². The number of rotatable bonds is 3. The number of carbonyl (C=O) groups is 2. The maximum atomic E-state index is 11.7. The highest BCUT2D eigenvalue weighted by molar-refractivity contribution is 5.93. The Labute approximate surface area is 107 Å². The monoisotopic (exact) mass is 252 g/mol. The molecule has 1 heterocycles. The lowest BCUT2D eigenvalue weighted by molar-refractivity contribution is -0.133. The number of hydrogen-bond acceptors (Lipinski definition) is 2. The average Bonchev–Trinajstić information content (AvgIpc) is 2.80. The van der Waals surface area contributed by atoms with Crippen LogP contribution in [-0.4, -0.2) is 23.1 Å². The van der Waals surface area contributed by atoms with Gasteiger partial charge in [0.1, 0.15) is 0 Å². The van der Waals surface area contributed by atoms with E-state index in [1.54, 1.807) is 0 Å². The number of hydrogen-bond donors (Lipinski definition) is 3. The van der Waals surface area contributed by atoms with E-state index in [-0.39, 0.29) is 23.9 Å². The van der Waals surface area contributed by atoms with Crippen molar-refractivity contribution in [2.45, 2.75) is 45.6 Å². The third-order valence-corrected chi connectivity index (χ3v) is 3.81. The van der Waals surface area contributed by atoms with E-state index in [4.69, 9.17) is 0 Å². The lowest BCUT2D eigenvalue weighted by atomic mass is 9.87. The Morgan fingerprint density at radius 2 is 1.94 bits per heavy atom. The molecule has 1 unspecified atom stereocenters. The number of carboxylic acids is 1. The zero-order chi connectivity index (χ0) is 13.3. The molecule has 3 N–H and O–H groups in total. The van der Waals surface area contributed by atoms with Crippen molar-refractivity contribution in [1.29, 1.82) is 0 Å². The number of aliphatic carboxylic acids is 1. The fraction of sp³-hybridized carbons (Fsp3) is 0.692. The summed E-state index contributed by atoms with van der Waals surface area (Å²) in [6.07, 6.45) is 4.23. The maximum absolute atomic E-state index is 11.7. The summed E-state index contributed by atoms with van der Waals surface area (Å²) in [6.45, 7) is 3.80. The van der Waals surface area contributed by atoms with Crippen LogP contribution in [0, 0.1) is 11.8 Å². The molecule has 0 aromatic rings. The largest absolute Gasteiger partial charge is 0.478 e. The Morgan fingerprint density at radius 3 is 2.44 bits per heavy atom. The molecular formula is C13H20N2O3. The second-order valence-electron chi connectivity index (χ2n) is 5.41. The van der Waals surface area contributed by atoms with Gasteiger partial charge in [0.2, 0.25) is 0 Å². The first-order chi connectivity index (χ1) is 8.50. The molecule has 0 radical (unpaired) electrons. The summed E-state index contributed by atoms with van der Waals surface area (Å²) in [5.74, 6) is -0.662. The maximum Gasteiger partial charge on any atom is 0.335 e. The second kappa shape index (κ2) is 5.00. The lowest BCUT2D eigenvalue weighted by Gasteiger charge is -2.33. The Kier molecular flexibility index (Phi) is 3.59. The Balaban J connectivity index is 2.38. The van der Waals surface area contributed by atoms with E-state index >= 15 is 0 Å². The quantitative estimate of drug-likeness (QED) is 0.717. The van der Waals surface area contributed by atoms with Gasteiger partial charge in [0, 0.05) is 5.70 Å². The van der Waals surface area contributed by atoms with E-state index in [1.807, 2.05) is 13.8 Å². The van der Waals surface area contributed by atoms with Gasteiger partial charge in [-0.15, -0.1) is 0 Å². The van der Waals surface area contributed by atoms with Crippen molar-refractivity contribution in [1.82, 2.24) is 10.6 Å². The van der Waals surface area contributed by atoms with E-state index in [9.17, 15) is 14.7 Å². The van der Waals surface area contributed by atoms with E-state index in [2.05, 4.69) is 10.6 Å². The molecule has 100 valence electrons. The molecule has 2 rings (SSSR count). The van der Waals surface area contributed by atoms with Gasteiger partial charge in [-0.3, -0.25) is 0 Å². The normalized spacial score (nSPS) is 25.3. The fourth-order valence-corrected chi connectivity index (χ4v) is 2.95. The number of carboxylic acid groups (broad SMARTS) is 1. The average molecular weight is 252 g/mol. The van der Waals surface area contributed by atoms with Gasteiger partial charge in [0.05, 0.1) is 11.6 Å². The lowest BCUT2D eigenvalue weighted by Crippen LogP contribution is -2.53. The molecule has 0 bridgehead atoms. The zero-order valence-electron chi connectivity index (χ0n) is 10.8. The summed E-state index contributed by atoms with van der Waals surface area (Å²) in [5.41, 5.74) is 0.902. The number of nitrogens with one attached hydrogen (secondary N) is 2. The molecule has 1 saturated carbocycles. The molecule has 0 spiro atoms. The van der Waals surface area contributed by atoms with Gasteiger partial charge in [-0.05, 0) is 24.7 Å². The molecule has 2 aliphatic rings. The predicted molar refractivity (Wildman–Crippen MR) is 66.9 cm³/mol. The van der Waals surface area contributed by atoms with Crippen molar-refractivity contribution in [3.8, 4) is 0 Å². The Hall–Kier alpha value is -1.52. The van der Waals surface area contributed by atoms with Gasteiger partial charge >= 0.3 is 12.0 Å². The molecule has 2 amide bonds. The van der Waals surface area contributed by atoms with Crippen LogP contribution in [0.3, 0.4) is 0 Å². The summed E-state index contributed by atoms with van der Waals surface area (Å²) >= 11 is 0. The van der Waals surface area contributed by atoms with Gasteiger partial charge in [0.25, 0.3) is 0 Å². The summed E-state index contributed by atoms with van der Waals surface area (Å²) in [5, 5.41) is 14.9. The summed E-state index contributed by atoms with van der Waals surface area (Å²) in [6, 6.07) is -0.614. The first-order valence-corrected chi connectivity index (χ1v) is 6.55. The standard InChI is InChI=1S/C13H20N2O3/c1-7(2)10-9(12(16)17)11(15-13(18)14-10)8-5-3-4-6-8/h7-8,11H,3-6H2,1-2H3,(H,16,17)(H2,14,15,18). The summed E-state index contributed by atoms with van der Waals surface area (Å²) in [4.78, 5) is 23.2. The minimum atomic E-state index is -0.928. The van der Waals surface area contributed by atoms with Crippen LogP contribution in [0.1, 0.15) is 39.5 Å². The van der Waals surface area contributed by atoms with Crippen molar-refractivity contribution in [2.75, 3.05) is 0 Å². The minimum Gasteiger partial charge on any atom is -0.478 e. The number of carbonyl (C=O) groups excluding carboxylic acids is 1. The highest BCUT2D eigenvalue weighted by atomic mass is 16.4. The summed E-state index contributed by atoms with van der Waals surface area (Å²) < 4.78 is 0. The molecule has 0 aromatic carbocycles. The highest BCUT2D eigenvalue weighted by Crippen LogP contribution is 2.33. The van der Waals surface area contributed by atoms with Crippen molar-refractivity contribution in [2.24, 2.45) is 11.8 Å². The van der Waals surface area contributed by atoms with Crippen molar-refractivity contribution >= 4 is 12.0 Å². The predicted octanol–water partition coefficient (Wildman–Crippen LogP) is 1.85. The van der Waals surface area contributed by atoms with Crippen molar-refractivity contribution < 1.29 is 14.7 Å². The second-order valence-corrected chi connectivity index (χ2v) is 5.41. The van der Waals surface area contributed by atoms with Crippen LogP contribution in [0.15, 0.2) is 11.3 Å². The Bertz CT molecular complexity index is 395. The Morgan fingerprint density at radius 1 is 1.33 bits per heavy atom. The first kappa shape index (κ1) is 12.9. The highest BCUT2D eigenvalue weighted by Gasteiger charge is 2.38. The summed E-state index contributed by atoms with van der Waals surface area (Å²) in [7, 11) is 0. The van der Waals surface area contributed by atoms with Gasteiger partial charge in [-0.1, -0.05) is 26.7 Å². The van der Waals surface area contributed by atoms with E-state index in [0.29, 0.717) is 11.3 Å². The number of urea groups is 1. The number of amides is 2. The van der Waals surface area contributed by atoms with Crippen LogP contribution < -0.4 is 10.6 Å². The van der Waals surface area contributed by atoms with Crippen LogP contribution in [0.25, 0.3) is 0 Å². The van der Waals surface area contributed by atoms with Gasteiger partial charge < -0.3 is 15.7 Å². The molecule has 1 aliphatic heterocycles. The fourth-order valence-electron chi connectivity index (χ4n) is 2.95. The van der Waals surface area contributed by atoms with Crippen LogP contribution >= 0.6 is 0 Å². The molecular weight excluding hydrogens is 232 g/mol. The van der Waals surface area contributed by atoms with Crippen LogP contribution in [-0.2, 0) is 4.79 Å². The number of allylic oxidation sites excluding steroid dienone is 1. The SMILES string of the molecule is CC(C)C1=C(C(=O)O)C(C2CCCC2)NC(=O)N1. The molecule has 1 atom stereocenters. The molecule has 0 aromatic heterocycles. The van der Waals surface area contributed by atoms with Gasteiger partial charge in [-0.25, -0.2) is 9.59 Å². The van der Waals surface area contributed by atoms with E-state index in [1.165, 1.54) is 0 Å². The van der Waals surface area contributed by atoms with Crippen molar-refractivity contribution in [3.05, 3.63) is 11.3 Å². The van der Waals surface area contributed by atoms with Gasteiger partial charge in [0.15, 0.2) is 0 Å². The smallest absolute Gasteiger partial charge is 0.335 e. The third kappa shape index (κ3) is 2.35. The molecule has 1 fully saturated rings. The first-order valence-electron chi connectivity index (χ1n) is 6.55.